The fourth-order valence-corrected chi connectivity index (χ4v) is 4.60. The van der Waals surface area contributed by atoms with Gasteiger partial charge in [-0.15, -0.1) is 10.2 Å². The van der Waals surface area contributed by atoms with Crippen LogP contribution in [0.5, 0.6) is 0 Å². The second-order valence-electron chi connectivity index (χ2n) is 4.19. The highest BCUT2D eigenvalue weighted by Crippen LogP contribution is 2.33. The first-order valence-corrected chi connectivity index (χ1v) is 6.82. The maximum Gasteiger partial charge on any atom is 0.225 e. The van der Waals surface area contributed by atoms with E-state index in [-0.39, 0.29) is 16.8 Å². The predicted molar refractivity (Wildman–Crippen MR) is 56.7 cm³/mol. The van der Waals surface area contributed by atoms with Crippen LogP contribution in [0.25, 0.3) is 0 Å². The van der Waals surface area contributed by atoms with Crippen molar-refractivity contribution in [2.75, 3.05) is 11.5 Å². The summed E-state index contributed by atoms with van der Waals surface area (Å²) < 4.78 is 24.6. The number of aromatic nitrogens is 3. The van der Waals surface area contributed by atoms with Gasteiger partial charge in [0.15, 0.2) is 9.84 Å². The third-order valence-electron chi connectivity index (χ3n) is 2.81. The van der Waals surface area contributed by atoms with Gasteiger partial charge < -0.3 is 0 Å². The van der Waals surface area contributed by atoms with Crippen LogP contribution in [0.15, 0.2) is 0 Å². The first-order valence-electron chi connectivity index (χ1n) is 4.62. The molecule has 0 radical (unpaired) electrons. The molecule has 7 heteroatoms. The lowest BCUT2D eigenvalue weighted by Gasteiger charge is -2.25. The number of aryl methyl sites for hydroxylation is 1. The minimum atomic E-state index is -2.95. The van der Waals surface area contributed by atoms with Gasteiger partial charge in [0.2, 0.25) is 5.28 Å². The highest BCUT2D eigenvalue weighted by atomic mass is 35.5. The molecule has 1 aliphatic heterocycles. The third-order valence-corrected chi connectivity index (χ3v) is 4.94. The Morgan fingerprint density at radius 2 is 2.13 bits per heavy atom. The zero-order valence-corrected chi connectivity index (χ0v) is 10.1. The van der Waals surface area contributed by atoms with Crippen LogP contribution < -0.4 is 0 Å². The predicted octanol–water partition coefficient (Wildman–Crippen LogP) is 0.774. The summed E-state index contributed by atoms with van der Waals surface area (Å²) in [4.78, 5) is 0. The molecule has 5 nitrogen and oxygen atoms in total. The average Bonchev–Trinajstić information content (AvgIpc) is 2.55. The zero-order valence-electron chi connectivity index (χ0n) is 8.57. The van der Waals surface area contributed by atoms with E-state index in [0.717, 1.165) is 0 Å². The number of hydrogen-bond donors (Lipinski definition) is 0. The largest absolute Gasteiger partial charge is 0.295 e. The quantitative estimate of drug-likeness (QED) is 0.738. The highest BCUT2D eigenvalue weighted by molar-refractivity contribution is 7.91. The molecule has 0 spiro atoms. The number of halogens is 1. The van der Waals surface area contributed by atoms with E-state index < -0.39 is 15.4 Å². The van der Waals surface area contributed by atoms with Crippen LogP contribution in [0.3, 0.4) is 0 Å². The number of nitrogens with zero attached hydrogens (tertiary/aromatic N) is 3. The minimum absolute atomic E-state index is 0.110. The molecule has 1 aliphatic rings. The van der Waals surface area contributed by atoms with E-state index in [0.29, 0.717) is 12.2 Å². The summed E-state index contributed by atoms with van der Waals surface area (Å²) in [6, 6.07) is 0. The fraction of sp³-hybridized carbons (Fsp3) is 0.750. The van der Waals surface area contributed by atoms with Crippen molar-refractivity contribution in [3.8, 4) is 0 Å². The molecular formula is C8H12ClN3O2S. The Bertz CT molecular complexity index is 476. The molecule has 2 heterocycles. The standard InChI is InChI=1S/C8H12ClN3O2S/c1-6-10-11-7(9)12(6)8(2)3-4-15(13,14)5-8/h3-5H2,1-2H3. The molecule has 1 aromatic rings. The van der Waals surface area contributed by atoms with E-state index in [4.69, 9.17) is 11.6 Å². The SMILES string of the molecule is Cc1nnc(Cl)n1C1(C)CCS(=O)(=O)C1. The smallest absolute Gasteiger partial charge is 0.225 e. The van der Waals surface area contributed by atoms with E-state index in [1.54, 1.807) is 11.5 Å². The Balaban J connectivity index is 2.48. The van der Waals surface area contributed by atoms with Crippen LogP contribution >= 0.6 is 11.6 Å². The molecule has 1 unspecified atom stereocenters. The lowest BCUT2D eigenvalue weighted by Crippen LogP contribution is -2.32. The molecule has 0 amide bonds. The third kappa shape index (κ3) is 1.76. The van der Waals surface area contributed by atoms with Crippen molar-refractivity contribution < 1.29 is 8.42 Å². The van der Waals surface area contributed by atoms with Gasteiger partial charge >= 0.3 is 0 Å². The van der Waals surface area contributed by atoms with E-state index in [2.05, 4.69) is 10.2 Å². The maximum absolute atomic E-state index is 11.5. The summed E-state index contributed by atoms with van der Waals surface area (Å²) >= 11 is 5.90. The fourth-order valence-electron chi connectivity index (χ4n) is 2.12. The summed E-state index contributed by atoms with van der Waals surface area (Å²) in [5.41, 5.74) is -0.497. The van der Waals surface area contributed by atoms with Gasteiger partial charge in [-0.25, -0.2) is 8.42 Å². The Kier molecular flexibility index (Phi) is 2.31. The van der Waals surface area contributed by atoms with E-state index >= 15 is 0 Å². The first kappa shape index (κ1) is 10.9. The number of sulfone groups is 1. The molecule has 0 aliphatic carbocycles. The van der Waals surface area contributed by atoms with Crippen molar-refractivity contribution in [3.63, 3.8) is 0 Å². The first-order chi connectivity index (χ1) is 6.84. The summed E-state index contributed by atoms with van der Waals surface area (Å²) in [6.07, 6.45) is 0.563. The second-order valence-corrected chi connectivity index (χ2v) is 6.71. The monoisotopic (exact) mass is 249 g/mol. The van der Waals surface area contributed by atoms with Crippen LogP contribution in [-0.4, -0.2) is 34.7 Å². The van der Waals surface area contributed by atoms with Gasteiger partial charge in [0.1, 0.15) is 5.82 Å². The van der Waals surface area contributed by atoms with Crippen molar-refractivity contribution >= 4 is 21.4 Å². The lowest BCUT2D eigenvalue weighted by atomic mass is 10.0. The molecular weight excluding hydrogens is 238 g/mol. The number of hydrogen-bond acceptors (Lipinski definition) is 4. The molecule has 0 bridgehead atoms. The summed E-state index contributed by atoms with van der Waals surface area (Å²) in [5, 5.41) is 7.83. The average molecular weight is 250 g/mol. The summed E-state index contributed by atoms with van der Waals surface area (Å²) in [6.45, 7) is 3.65. The molecule has 0 N–H and O–H groups in total. The van der Waals surface area contributed by atoms with E-state index in [9.17, 15) is 8.42 Å². The van der Waals surface area contributed by atoms with Gasteiger partial charge in [0, 0.05) is 0 Å². The van der Waals surface area contributed by atoms with Crippen molar-refractivity contribution in [1.29, 1.82) is 0 Å². The van der Waals surface area contributed by atoms with Crippen molar-refractivity contribution in [1.82, 2.24) is 14.8 Å². The van der Waals surface area contributed by atoms with E-state index in [1.165, 1.54) is 0 Å². The molecule has 15 heavy (non-hydrogen) atoms. The molecule has 84 valence electrons. The van der Waals surface area contributed by atoms with Crippen molar-refractivity contribution in [2.24, 2.45) is 0 Å². The topological polar surface area (TPSA) is 64.8 Å². The van der Waals surface area contributed by atoms with Gasteiger partial charge in [0.05, 0.1) is 17.0 Å². The molecule has 0 aromatic carbocycles. The highest BCUT2D eigenvalue weighted by Gasteiger charge is 2.41. The van der Waals surface area contributed by atoms with Crippen LogP contribution in [0.2, 0.25) is 5.28 Å². The Morgan fingerprint density at radius 1 is 1.47 bits per heavy atom. The van der Waals surface area contributed by atoms with Gasteiger partial charge in [-0.2, -0.15) is 0 Å². The van der Waals surface area contributed by atoms with Crippen LogP contribution in [0.4, 0.5) is 0 Å². The van der Waals surface area contributed by atoms with Crippen molar-refractivity contribution in [2.45, 2.75) is 25.8 Å². The van der Waals surface area contributed by atoms with Gasteiger partial charge in [-0.1, -0.05) is 0 Å². The molecule has 1 fully saturated rings. The molecule has 1 atom stereocenters. The van der Waals surface area contributed by atoms with E-state index in [1.807, 2.05) is 6.92 Å². The van der Waals surface area contributed by atoms with Crippen LogP contribution in [-0.2, 0) is 15.4 Å². The molecule has 0 saturated carbocycles. The Labute approximate surface area is 93.4 Å². The van der Waals surface area contributed by atoms with Gasteiger partial charge in [-0.3, -0.25) is 4.57 Å². The Morgan fingerprint density at radius 3 is 2.53 bits per heavy atom. The van der Waals surface area contributed by atoms with Crippen LogP contribution in [0, 0.1) is 6.92 Å². The van der Waals surface area contributed by atoms with Gasteiger partial charge in [-0.05, 0) is 31.9 Å². The Hall–Kier alpha value is -0.620. The van der Waals surface area contributed by atoms with Crippen LogP contribution in [0.1, 0.15) is 19.2 Å². The molecule has 2 rings (SSSR count). The zero-order chi connectivity index (χ0) is 11.3. The lowest BCUT2D eigenvalue weighted by molar-refractivity contribution is 0.357. The molecule has 1 saturated heterocycles. The normalized spacial score (nSPS) is 29.5. The second kappa shape index (κ2) is 3.18. The number of rotatable bonds is 1. The summed E-state index contributed by atoms with van der Waals surface area (Å²) in [5.74, 6) is 0.968. The maximum atomic E-state index is 11.5. The molecule has 1 aromatic heterocycles. The van der Waals surface area contributed by atoms with Crippen molar-refractivity contribution in [3.05, 3.63) is 11.1 Å². The summed E-state index contributed by atoms with van der Waals surface area (Å²) in [7, 11) is -2.95. The minimum Gasteiger partial charge on any atom is -0.295 e. The van der Waals surface area contributed by atoms with Gasteiger partial charge in [0.25, 0.3) is 0 Å².